The fourth-order valence-electron chi connectivity index (χ4n) is 2.26. The van der Waals surface area contributed by atoms with Gasteiger partial charge in [-0.05, 0) is 35.2 Å². The maximum Gasteiger partial charge on any atom is 0.255 e. The average Bonchev–Trinajstić information content (AvgIpc) is 2.55. The number of hydrogen-bond acceptors (Lipinski definition) is 3. The number of pyridine rings is 1. The summed E-state index contributed by atoms with van der Waals surface area (Å²) in [6, 6.07) is 15.0. The molecule has 4 heteroatoms. The first-order valence-electron chi connectivity index (χ1n) is 6.71. The van der Waals surface area contributed by atoms with Crippen LogP contribution in [0.2, 0.25) is 0 Å². The lowest BCUT2D eigenvalue weighted by atomic mass is 10.1. The normalized spacial score (nSPS) is 10.5. The number of anilines is 1. The van der Waals surface area contributed by atoms with Gasteiger partial charge in [0.25, 0.3) is 5.91 Å². The molecule has 0 aliphatic rings. The molecule has 3 aromatic rings. The largest absolute Gasteiger partial charge is 0.326 e. The minimum atomic E-state index is -0.151. The van der Waals surface area contributed by atoms with Crippen LogP contribution in [0.3, 0.4) is 0 Å². The lowest BCUT2D eigenvalue weighted by molar-refractivity contribution is 0.102. The molecule has 0 saturated heterocycles. The van der Waals surface area contributed by atoms with E-state index in [1.54, 1.807) is 24.5 Å². The summed E-state index contributed by atoms with van der Waals surface area (Å²) >= 11 is 0. The van der Waals surface area contributed by atoms with Crippen molar-refractivity contribution < 1.29 is 4.79 Å². The van der Waals surface area contributed by atoms with Crippen LogP contribution in [0.5, 0.6) is 0 Å². The highest BCUT2D eigenvalue weighted by Crippen LogP contribution is 2.22. The zero-order chi connectivity index (χ0) is 14.7. The van der Waals surface area contributed by atoms with E-state index in [4.69, 9.17) is 5.73 Å². The minimum Gasteiger partial charge on any atom is -0.326 e. The number of carbonyl (C=O) groups is 1. The minimum absolute atomic E-state index is 0.151. The summed E-state index contributed by atoms with van der Waals surface area (Å²) in [6.45, 7) is 0.416. The van der Waals surface area contributed by atoms with Gasteiger partial charge in [-0.3, -0.25) is 9.78 Å². The van der Waals surface area contributed by atoms with Crippen LogP contribution in [0.15, 0.2) is 60.9 Å². The summed E-state index contributed by atoms with van der Waals surface area (Å²) < 4.78 is 0. The van der Waals surface area contributed by atoms with E-state index in [-0.39, 0.29) is 5.91 Å². The summed E-state index contributed by atoms with van der Waals surface area (Å²) in [4.78, 5) is 16.5. The molecule has 0 bridgehead atoms. The van der Waals surface area contributed by atoms with E-state index in [1.165, 1.54) is 0 Å². The van der Waals surface area contributed by atoms with Crippen LogP contribution in [0.4, 0.5) is 5.69 Å². The molecule has 3 rings (SSSR count). The number of rotatable bonds is 3. The Bertz CT molecular complexity index is 793. The summed E-state index contributed by atoms with van der Waals surface area (Å²) in [7, 11) is 0. The van der Waals surface area contributed by atoms with Gasteiger partial charge in [0, 0.05) is 29.9 Å². The Hall–Kier alpha value is -2.72. The smallest absolute Gasteiger partial charge is 0.255 e. The third-order valence-electron chi connectivity index (χ3n) is 3.36. The second-order valence-electron chi connectivity index (χ2n) is 4.76. The van der Waals surface area contributed by atoms with Crippen LogP contribution in [-0.2, 0) is 6.54 Å². The number of aromatic nitrogens is 1. The maximum atomic E-state index is 12.4. The van der Waals surface area contributed by atoms with Crippen LogP contribution in [-0.4, -0.2) is 10.9 Å². The van der Waals surface area contributed by atoms with Gasteiger partial charge in [-0.1, -0.05) is 24.3 Å². The number of amides is 1. The Kier molecular flexibility index (Phi) is 3.62. The van der Waals surface area contributed by atoms with E-state index in [0.717, 1.165) is 22.0 Å². The maximum absolute atomic E-state index is 12.4. The molecular weight excluding hydrogens is 262 g/mol. The van der Waals surface area contributed by atoms with Crippen molar-refractivity contribution in [2.75, 3.05) is 5.32 Å². The molecule has 1 amide bonds. The van der Waals surface area contributed by atoms with Crippen molar-refractivity contribution >= 4 is 22.4 Å². The van der Waals surface area contributed by atoms with Gasteiger partial charge in [0.2, 0.25) is 0 Å². The van der Waals surface area contributed by atoms with E-state index >= 15 is 0 Å². The first kappa shape index (κ1) is 13.3. The molecule has 104 valence electrons. The molecule has 0 radical (unpaired) electrons. The van der Waals surface area contributed by atoms with Gasteiger partial charge in [-0.25, -0.2) is 0 Å². The third kappa shape index (κ3) is 2.75. The second kappa shape index (κ2) is 5.73. The summed E-state index contributed by atoms with van der Waals surface area (Å²) in [5, 5.41) is 4.89. The number of nitrogens with two attached hydrogens (primary N) is 1. The highest BCUT2D eigenvalue weighted by molar-refractivity contribution is 6.09. The molecule has 0 atom stereocenters. The number of fused-ring (bicyclic) bond motifs is 1. The number of hydrogen-bond donors (Lipinski definition) is 2. The standard InChI is InChI=1S/C17H15N3O/c18-10-12-3-1-5-14(9-12)17(21)20-16-6-2-4-13-7-8-19-11-15(13)16/h1-9,11H,10,18H2,(H,20,21). The Morgan fingerprint density at radius 1 is 1.14 bits per heavy atom. The Morgan fingerprint density at radius 3 is 2.86 bits per heavy atom. The van der Waals surface area contributed by atoms with Crippen molar-refractivity contribution in [1.29, 1.82) is 0 Å². The number of nitrogens with one attached hydrogen (secondary N) is 1. The topological polar surface area (TPSA) is 68.0 Å². The molecular formula is C17H15N3O. The molecule has 0 aliphatic carbocycles. The van der Waals surface area contributed by atoms with E-state index in [2.05, 4.69) is 10.3 Å². The molecule has 3 N–H and O–H groups in total. The molecule has 21 heavy (non-hydrogen) atoms. The van der Waals surface area contributed by atoms with Gasteiger partial charge in [-0.15, -0.1) is 0 Å². The molecule has 0 saturated carbocycles. The lowest BCUT2D eigenvalue weighted by Gasteiger charge is -2.09. The van der Waals surface area contributed by atoms with Crippen LogP contribution in [0.25, 0.3) is 10.8 Å². The van der Waals surface area contributed by atoms with Gasteiger partial charge in [0.05, 0.1) is 5.69 Å². The Labute approximate surface area is 122 Å². The fourth-order valence-corrected chi connectivity index (χ4v) is 2.26. The summed E-state index contributed by atoms with van der Waals surface area (Å²) in [6.07, 6.45) is 3.49. The van der Waals surface area contributed by atoms with Gasteiger partial charge < -0.3 is 11.1 Å². The van der Waals surface area contributed by atoms with Crippen LogP contribution in [0.1, 0.15) is 15.9 Å². The van der Waals surface area contributed by atoms with Gasteiger partial charge >= 0.3 is 0 Å². The molecule has 1 heterocycles. The van der Waals surface area contributed by atoms with E-state index < -0.39 is 0 Å². The van der Waals surface area contributed by atoms with Gasteiger partial charge in [-0.2, -0.15) is 0 Å². The van der Waals surface area contributed by atoms with Crippen LogP contribution < -0.4 is 11.1 Å². The Morgan fingerprint density at radius 2 is 2.00 bits per heavy atom. The zero-order valence-corrected chi connectivity index (χ0v) is 11.4. The summed E-state index contributed by atoms with van der Waals surface area (Å²) in [5.74, 6) is -0.151. The lowest BCUT2D eigenvalue weighted by Crippen LogP contribution is -2.12. The quantitative estimate of drug-likeness (QED) is 0.773. The van der Waals surface area contributed by atoms with Crippen molar-refractivity contribution in [3.05, 3.63) is 72.1 Å². The SMILES string of the molecule is NCc1cccc(C(=O)Nc2cccc3ccncc23)c1. The fraction of sp³-hybridized carbons (Fsp3) is 0.0588. The molecule has 1 aromatic heterocycles. The predicted octanol–water partition coefficient (Wildman–Crippen LogP) is 2.95. The highest BCUT2D eigenvalue weighted by Gasteiger charge is 2.08. The molecule has 0 aliphatic heterocycles. The van der Waals surface area contributed by atoms with Crippen LogP contribution >= 0.6 is 0 Å². The summed E-state index contributed by atoms with van der Waals surface area (Å²) in [5.41, 5.74) is 7.89. The van der Waals surface area contributed by atoms with Crippen molar-refractivity contribution in [1.82, 2.24) is 4.98 Å². The highest BCUT2D eigenvalue weighted by atomic mass is 16.1. The molecule has 0 unspecified atom stereocenters. The van der Waals surface area contributed by atoms with E-state index in [0.29, 0.717) is 12.1 Å². The molecule has 2 aromatic carbocycles. The average molecular weight is 277 g/mol. The van der Waals surface area contributed by atoms with E-state index in [1.807, 2.05) is 36.4 Å². The van der Waals surface area contributed by atoms with Crippen molar-refractivity contribution in [3.8, 4) is 0 Å². The van der Waals surface area contributed by atoms with Gasteiger partial charge in [0.15, 0.2) is 0 Å². The number of carbonyl (C=O) groups excluding carboxylic acids is 1. The molecule has 0 fully saturated rings. The van der Waals surface area contributed by atoms with Gasteiger partial charge in [0.1, 0.15) is 0 Å². The third-order valence-corrected chi connectivity index (χ3v) is 3.36. The van der Waals surface area contributed by atoms with Crippen LogP contribution in [0, 0.1) is 0 Å². The van der Waals surface area contributed by atoms with Crippen molar-refractivity contribution in [3.63, 3.8) is 0 Å². The Balaban J connectivity index is 1.93. The predicted molar refractivity (Wildman–Crippen MR) is 84.0 cm³/mol. The zero-order valence-electron chi connectivity index (χ0n) is 11.4. The molecule has 4 nitrogen and oxygen atoms in total. The van der Waals surface area contributed by atoms with E-state index in [9.17, 15) is 4.79 Å². The first-order chi connectivity index (χ1) is 10.3. The second-order valence-corrected chi connectivity index (χ2v) is 4.76. The first-order valence-corrected chi connectivity index (χ1v) is 6.71. The van der Waals surface area contributed by atoms with Crippen molar-refractivity contribution in [2.45, 2.75) is 6.54 Å². The number of nitrogens with zero attached hydrogens (tertiary/aromatic N) is 1. The monoisotopic (exact) mass is 277 g/mol. The molecule has 0 spiro atoms. The number of benzene rings is 2. The van der Waals surface area contributed by atoms with Crippen molar-refractivity contribution in [2.24, 2.45) is 5.73 Å².